The van der Waals surface area contributed by atoms with Crippen LogP contribution in [0.25, 0.3) is 0 Å². The summed E-state index contributed by atoms with van der Waals surface area (Å²) in [7, 11) is 1.31. The van der Waals surface area contributed by atoms with Gasteiger partial charge in [-0.2, -0.15) is 0 Å². The number of esters is 1. The Morgan fingerprint density at radius 2 is 2.06 bits per heavy atom. The number of rotatable bonds is 2. The van der Waals surface area contributed by atoms with Gasteiger partial charge in [-0.25, -0.2) is 4.39 Å². The van der Waals surface area contributed by atoms with E-state index in [1.807, 2.05) is 0 Å². The lowest BCUT2D eigenvalue weighted by Crippen LogP contribution is -2.57. The van der Waals surface area contributed by atoms with Crippen LogP contribution in [0.4, 0.5) is 4.39 Å². The molecule has 0 atom stereocenters. The lowest BCUT2D eigenvalue weighted by molar-refractivity contribution is -0.151. The molecule has 3 nitrogen and oxygen atoms in total. The maximum atomic E-state index is 13.4. The van der Waals surface area contributed by atoms with Crippen LogP contribution in [0.5, 0.6) is 0 Å². The summed E-state index contributed by atoms with van der Waals surface area (Å²) < 4.78 is 18.1. The second-order valence-electron chi connectivity index (χ2n) is 4.27. The molecular weight excluding hydrogens is 245 g/mol. The van der Waals surface area contributed by atoms with Gasteiger partial charge in [0.25, 0.3) is 0 Å². The molecule has 1 aromatic carbocycles. The zero-order valence-corrected chi connectivity index (χ0v) is 10.3. The van der Waals surface area contributed by atoms with Crippen molar-refractivity contribution in [3.8, 4) is 0 Å². The van der Waals surface area contributed by atoms with Gasteiger partial charge in [0, 0.05) is 0 Å². The minimum atomic E-state index is -0.929. The molecule has 0 bridgehead atoms. The van der Waals surface area contributed by atoms with Crippen LogP contribution < -0.4 is 5.73 Å². The van der Waals surface area contributed by atoms with Gasteiger partial charge in [-0.3, -0.25) is 4.79 Å². The standard InChI is InChI=1S/C12H14FNO2.ClH/c1-16-11(15)12(14)6-8(7-12)9-4-2-3-5-10(9)13;/h2-5,8H,6-7,14H2,1H3;1H. The lowest BCUT2D eigenvalue weighted by atomic mass is 9.66. The summed E-state index contributed by atoms with van der Waals surface area (Å²) in [5, 5.41) is 0. The smallest absolute Gasteiger partial charge is 0.325 e. The van der Waals surface area contributed by atoms with E-state index in [0.29, 0.717) is 18.4 Å². The number of ether oxygens (including phenoxy) is 1. The molecule has 0 amide bonds. The van der Waals surface area contributed by atoms with Gasteiger partial charge in [0.15, 0.2) is 0 Å². The van der Waals surface area contributed by atoms with E-state index in [4.69, 9.17) is 5.73 Å². The number of nitrogens with two attached hydrogens (primary N) is 1. The van der Waals surface area contributed by atoms with Crippen molar-refractivity contribution < 1.29 is 13.9 Å². The summed E-state index contributed by atoms with van der Waals surface area (Å²) in [5.74, 6) is -0.634. The van der Waals surface area contributed by atoms with Gasteiger partial charge >= 0.3 is 5.97 Å². The molecule has 0 aliphatic heterocycles. The average Bonchev–Trinajstić information content (AvgIpc) is 2.25. The predicted octanol–water partition coefficient (Wildman–Crippen LogP) is 2.00. The highest BCUT2D eigenvalue weighted by Crippen LogP contribution is 2.44. The fraction of sp³-hybridized carbons (Fsp3) is 0.417. The SMILES string of the molecule is COC(=O)C1(N)CC(c2ccccc2F)C1.Cl. The quantitative estimate of drug-likeness (QED) is 0.827. The second-order valence-corrected chi connectivity index (χ2v) is 4.27. The van der Waals surface area contributed by atoms with Gasteiger partial charge in [0.1, 0.15) is 11.4 Å². The van der Waals surface area contributed by atoms with Crippen LogP contribution in [0.2, 0.25) is 0 Å². The van der Waals surface area contributed by atoms with E-state index in [0.717, 1.165) is 0 Å². The van der Waals surface area contributed by atoms with E-state index in [2.05, 4.69) is 4.74 Å². The fourth-order valence-electron chi connectivity index (χ4n) is 2.22. The highest BCUT2D eigenvalue weighted by atomic mass is 35.5. The van der Waals surface area contributed by atoms with Crippen LogP contribution >= 0.6 is 12.4 Å². The van der Waals surface area contributed by atoms with Crippen molar-refractivity contribution in [2.75, 3.05) is 7.11 Å². The Bertz CT molecular complexity index is 419. The van der Waals surface area contributed by atoms with E-state index in [9.17, 15) is 9.18 Å². The second kappa shape index (κ2) is 5.02. The average molecular weight is 260 g/mol. The molecule has 5 heteroatoms. The van der Waals surface area contributed by atoms with Crippen LogP contribution in [0.1, 0.15) is 24.3 Å². The molecule has 1 aliphatic rings. The largest absolute Gasteiger partial charge is 0.468 e. The first-order valence-electron chi connectivity index (χ1n) is 5.18. The zero-order valence-electron chi connectivity index (χ0n) is 9.48. The molecule has 0 saturated heterocycles. The normalized spacial score (nSPS) is 26.6. The number of halogens is 2. The third-order valence-corrected chi connectivity index (χ3v) is 3.16. The molecule has 0 spiro atoms. The summed E-state index contributed by atoms with van der Waals surface area (Å²) in [6.07, 6.45) is 0.890. The molecule has 94 valence electrons. The molecular formula is C12H15ClFNO2. The van der Waals surface area contributed by atoms with E-state index in [1.165, 1.54) is 13.2 Å². The first kappa shape index (κ1) is 13.9. The van der Waals surface area contributed by atoms with Crippen molar-refractivity contribution >= 4 is 18.4 Å². The van der Waals surface area contributed by atoms with Crippen LogP contribution in [0, 0.1) is 5.82 Å². The van der Waals surface area contributed by atoms with E-state index in [-0.39, 0.29) is 24.1 Å². The molecule has 1 saturated carbocycles. The van der Waals surface area contributed by atoms with Gasteiger partial charge in [0.2, 0.25) is 0 Å². The minimum absolute atomic E-state index is 0. The number of hydrogen-bond donors (Lipinski definition) is 1. The van der Waals surface area contributed by atoms with Crippen LogP contribution in [0.15, 0.2) is 24.3 Å². The highest BCUT2D eigenvalue weighted by molar-refractivity contribution is 5.85. The Morgan fingerprint density at radius 3 is 2.59 bits per heavy atom. The van der Waals surface area contributed by atoms with Crippen molar-refractivity contribution in [1.29, 1.82) is 0 Å². The molecule has 0 heterocycles. The fourth-order valence-corrected chi connectivity index (χ4v) is 2.22. The Labute approximate surface area is 106 Å². The predicted molar refractivity (Wildman–Crippen MR) is 64.6 cm³/mol. The summed E-state index contributed by atoms with van der Waals surface area (Å²) in [4.78, 5) is 11.3. The molecule has 1 aliphatic carbocycles. The molecule has 0 radical (unpaired) electrons. The van der Waals surface area contributed by atoms with Gasteiger partial charge < -0.3 is 10.5 Å². The number of methoxy groups -OCH3 is 1. The third kappa shape index (κ3) is 2.42. The van der Waals surface area contributed by atoms with E-state index < -0.39 is 11.5 Å². The number of carbonyl (C=O) groups is 1. The third-order valence-electron chi connectivity index (χ3n) is 3.16. The van der Waals surface area contributed by atoms with Gasteiger partial charge in [0.05, 0.1) is 7.11 Å². The first-order valence-corrected chi connectivity index (χ1v) is 5.18. The first-order chi connectivity index (χ1) is 7.57. The number of hydrogen-bond acceptors (Lipinski definition) is 3. The maximum Gasteiger partial charge on any atom is 0.325 e. The molecule has 0 unspecified atom stereocenters. The number of benzene rings is 1. The minimum Gasteiger partial charge on any atom is -0.468 e. The van der Waals surface area contributed by atoms with Crippen molar-refractivity contribution in [3.63, 3.8) is 0 Å². The summed E-state index contributed by atoms with van der Waals surface area (Å²) in [6, 6.07) is 6.58. The Hall–Kier alpha value is -1.13. The zero-order chi connectivity index (χ0) is 11.8. The van der Waals surface area contributed by atoms with Crippen molar-refractivity contribution in [1.82, 2.24) is 0 Å². The highest BCUT2D eigenvalue weighted by Gasteiger charge is 2.49. The Morgan fingerprint density at radius 1 is 1.47 bits per heavy atom. The van der Waals surface area contributed by atoms with Crippen LogP contribution in [-0.4, -0.2) is 18.6 Å². The molecule has 2 rings (SSSR count). The van der Waals surface area contributed by atoms with E-state index in [1.54, 1.807) is 18.2 Å². The topological polar surface area (TPSA) is 52.3 Å². The summed E-state index contributed by atoms with van der Waals surface area (Å²) in [6.45, 7) is 0. The molecule has 2 N–H and O–H groups in total. The van der Waals surface area contributed by atoms with Crippen molar-refractivity contribution in [2.24, 2.45) is 5.73 Å². The monoisotopic (exact) mass is 259 g/mol. The molecule has 17 heavy (non-hydrogen) atoms. The Balaban J connectivity index is 0.00000144. The molecule has 0 aromatic heterocycles. The van der Waals surface area contributed by atoms with Crippen LogP contribution in [0.3, 0.4) is 0 Å². The summed E-state index contributed by atoms with van der Waals surface area (Å²) >= 11 is 0. The van der Waals surface area contributed by atoms with Crippen molar-refractivity contribution in [2.45, 2.75) is 24.3 Å². The van der Waals surface area contributed by atoms with Gasteiger partial charge in [-0.15, -0.1) is 12.4 Å². The van der Waals surface area contributed by atoms with Gasteiger partial charge in [-0.1, -0.05) is 18.2 Å². The number of carbonyl (C=O) groups excluding carboxylic acids is 1. The Kier molecular flexibility index (Phi) is 4.11. The van der Waals surface area contributed by atoms with Gasteiger partial charge in [-0.05, 0) is 30.4 Å². The lowest BCUT2D eigenvalue weighted by Gasteiger charge is -2.42. The van der Waals surface area contributed by atoms with Crippen LogP contribution in [-0.2, 0) is 9.53 Å². The summed E-state index contributed by atoms with van der Waals surface area (Å²) in [5.41, 5.74) is 5.54. The molecule has 1 fully saturated rings. The molecule has 1 aromatic rings. The maximum absolute atomic E-state index is 13.4. The van der Waals surface area contributed by atoms with Crippen molar-refractivity contribution in [3.05, 3.63) is 35.6 Å². The van der Waals surface area contributed by atoms with E-state index >= 15 is 0 Å².